The van der Waals surface area contributed by atoms with Crippen LogP contribution in [0.5, 0.6) is 0 Å². The Balaban J connectivity index is 1.50. The van der Waals surface area contributed by atoms with Crippen LogP contribution >= 0.6 is 11.6 Å². The van der Waals surface area contributed by atoms with Gasteiger partial charge in [-0.3, -0.25) is 9.78 Å². The molecule has 0 unspecified atom stereocenters. The van der Waals surface area contributed by atoms with E-state index in [-0.39, 0.29) is 11.0 Å². The number of nitriles is 1. The molecule has 9 nitrogen and oxygen atoms in total. The average molecular weight is 567 g/mol. The number of halogens is 1. The maximum Gasteiger partial charge on any atom is 0.258 e. The Morgan fingerprint density at radius 1 is 1.17 bits per heavy atom. The zero-order chi connectivity index (χ0) is 28.9. The number of rotatable bonds is 7. The third-order valence-electron chi connectivity index (χ3n) is 7.36. The lowest BCUT2D eigenvalue weighted by atomic mass is 9.96. The van der Waals surface area contributed by atoms with Crippen LogP contribution < -0.4 is 16.2 Å². The highest BCUT2D eigenvalue weighted by atomic mass is 35.5. The van der Waals surface area contributed by atoms with Crippen LogP contribution in [0.3, 0.4) is 0 Å². The van der Waals surface area contributed by atoms with Crippen LogP contribution in [-0.4, -0.2) is 31.1 Å². The summed E-state index contributed by atoms with van der Waals surface area (Å²) in [4.78, 5) is 17.5. The molecule has 3 aromatic heterocycles. The minimum atomic E-state index is -0.426. The molecular weight excluding hydrogens is 536 g/mol. The molecule has 0 aliphatic heterocycles. The molecule has 3 heterocycles. The lowest BCUT2D eigenvalue weighted by Crippen LogP contribution is -2.20. The van der Waals surface area contributed by atoms with E-state index >= 15 is 0 Å². The second-order valence-electron chi connectivity index (χ2n) is 11.9. The molecule has 10 heteroatoms. The van der Waals surface area contributed by atoms with E-state index in [1.807, 2.05) is 47.3 Å². The fourth-order valence-corrected chi connectivity index (χ4v) is 5.31. The molecule has 2 aromatic carbocycles. The summed E-state index contributed by atoms with van der Waals surface area (Å²) in [5.41, 5.74) is 4.04. The number of hydrogen-bond donors (Lipinski definition) is 2. The quantitative estimate of drug-likeness (QED) is 0.241. The van der Waals surface area contributed by atoms with Gasteiger partial charge in [0.15, 0.2) is 0 Å². The Labute approximate surface area is 242 Å². The third kappa shape index (κ3) is 5.23. The van der Waals surface area contributed by atoms with Crippen molar-refractivity contribution in [1.82, 2.24) is 24.5 Å². The average Bonchev–Trinajstić information content (AvgIpc) is 3.68. The van der Waals surface area contributed by atoms with E-state index in [4.69, 9.17) is 11.6 Å². The first-order valence-electron chi connectivity index (χ1n) is 13.7. The number of aromatic nitrogens is 5. The van der Waals surface area contributed by atoms with Crippen molar-refractivity contribution in [3.8, 4) is 6.07 Å². The Morgan fingerprint density at radius 2 is 1.98 bits per heavy atom. The first kappa shape index (κ1) is 26.8. The lowest BCUT2D eigenvalue weighted by molar-refractivity contribution is 0.443. The SMILES string of the molecule is Cn1ccc2c([C@H](Nc3cc(Cl)c4ncc(C#N)c(NCC(C)(C)C)c4c3)c3cn(C4CC4)nn3)cccc2c1=O. The van der Waals surface area contributed by atoms with Gasteiger partial charge in [-0.05, 0) is 53.5 Å². The molecule has 1 aliphatic rings. The van der Waals surface area contributed by atoms with Crippen LogP contribution in [0.2, 0.25) is 5.02 Å². The van der Waals surface area contributed by atoms with Crippen LogP contribution in [0.4, 0.5) is 11.4 Å². The molecule has 208 valence electrons. The van der Waals surface area contributed by atoms with Crippen molar-refractivity contribution >= 4 is 44.7 Å². The fraction of sp³-hybridized carbons (Fsp3) is 0.323. The molecule has 0 radical (unpaired) electrons. The highest BCUT2D eigenvalue weighted by Crippen LogP contribution is 2.38. The van der Waals surface area contributed by atoms with Gasteiger partial charge >= 0.3 is 0 Å². The number of pyridine rings is 2. The lowest BCUT2D eigenvalue weighted by Gasteiger charge is -2.23. The normalized spacial score (nSPS) is 14.2. The largest absolute Gasteiger partial charge is 0.383 e. The highest BCUT2D eigenvalue weighted by Gasteiger charge is 2.28. The summed E-state index contributed by atoms with van der Waals surface area (Å²) in [6, 6.07) is 13.7. The van der Waals surface area contributed by atoms with Crippen molar-refractivity contribution in [2.24, 2.45) is 12.5 Å². The summed E-state index contributed by atoms with van der Waals surface area (Å²) in [7, 11) is 1.75. The monoisotopic (exact) mass is 566 g/mol. The molecule has 0 amide bonds. The second kappa shape index (κ2) is 10.2. The van der Waals surface area contributed by atoms with E-state index in [2.05, 4.69) is 52.8 Å². The Kier molecular flexibility index (Phi) is 6.66. The van der Waals surface area contributed by atoms with Crippen LogP contribution in [0.25, 0.3) is 21.7 Å². The van der Waals surface area contributed by atoms with Crippen molar-refractivity contribution < 1.29 is 0 Å². The molecular formula is C31H31ClN8O. The predicted molar refractivity (Wildman–Crippen MR) is 162 cm³/mol. The van der Waals surface area contributed by atoms with Gasteiger partial charge in [-0.1, -0.05) is 49.7 Å². The van der Waals surface area contributed by atoms with Gasteiger partial charge in [0.25, 0.3) is 5.56 Å². The smallest absolute Gasteiger partial charge is 0.258 e. The topological polar surface area (TPSA) is 113 Å². The zero-order valence-electron chi connectivity index (χ0n) is 23.4. The summed E-state index contributed by atoms with van der Waals surface area (Å²) >= 11 is 6.79. The minimum absolute atomic E-state index is 0.00806. The summed E-state index contributed by atoms with van der Waals surface area (Å²) in [5.74, 6) is 0. The van der Waals surface area contributed by atoms with Crippen LogP contribution in [0.1, 0.15) is 62.5 Å². The molecule has 41 heavy (non-hydrogen) atoms. The van der Waals surface area contributed by atoms with Crippen LogP contribution in [0, 0.1) is 16.7 Å². The molecule has 1 atom stereocenters. The van der Waals surface area contributed by atoms with Gasteiger partial charge in [-0.25, -0.2) is 4.68 Å². The molecule has 0 saturated heterocycles. The number of aryl methyl sites for hydroxylation is 1. The summed E-state index contributed by atoms with van der Waals surface area (Å²) in [6.45, 7) is 7.05. The Bertz CT molecular complexity index is 1890. The number of hydrogen-bond acceptors (Lipinski definition) is 7. The van der Waals surface area contributed by atoms with Crippen LogP contribution in [-0.2, 0) is 7.05 Å². The van der Waals surface area contributed by atoms with Gasteiger partial charge in [-0.15, -0.1) is 5.10 Å². The number of fused-ring (bicyclic) bond motifs is 2. The van der Waals surface area contributed by atoms with Crippen molar-refractivity contribution in [1.29, 1.82) is 5.26 Å². The van der Waals surface area contributed by atoms with E-state index in [9.17, 15) is 10.1 Å². The van der Waals surface area contributed by atoms with Gasteiger partial charge in [0.2, 0.25) is 0 Å². The molecule has 1 fully saturated rings. The maximum atomic E-state index is 13.0. The second-order valence-corrected chi connectivity index (χ2v) is 12.3. The number of anilines is 2. The summed E-state index contributed by atoms with van der Waals surface area (Å²) in [6.07, 6.45) is 7.49. The van der Waals surface area contributed by atoms with Gasteiger partial charge in [0, 0.05) is 42.4 Å². The van der Waals surface area contributed by atoms with E-state index < -0.39 is 6.04 Å². The number of nitrogens with zero attached hydrogens (tertiary/aromatic N) is 6. The minimum Gasteiger partial charge on any atom is -0.383 e. The first-order valence-corrected chi connectivity index (χ1v) is 14.0. The van der Waals surface area contributed by atoms with Crippen molar-refractivity contribution in [3.63, 3.8) is 0 Å². The molecule has 0 spiro atoms. The van der Waals surface area contributed by atoms with E-state index in [1.165, 1.54) is 0 Å². The fourth-order valence-electron chi connectivity index (χ4n) is 5.04. The molecule has 1 aliphatic carbocycles. The zero-order valence-corrected chi connectivity index (χ0v) is 24.2. The third-order valence-corrected chi connectivity index (χ3v) is 7.65. The molecule has 5 aromatic rings. The van der Waals surface area contributed by atoms with Gasteiger partial charge in [0.1, 0.15) is 11.8 Å². The van der Waals surface area contributed by atoms with Crippen LogP contribution in [0.15, 0.2) is 59.8 Å². The first-order chi connectivity index (χ1) is 19.6. The summed E-state index contributed by atoms with van der Waals surface area (Å²) < 4.78 is 3.49. The van der Waals surface area contributed by atoms with Crippen molar-refractivity contribution in [2.75, 3.05) is 17.2 Å². The van der Waals surface area contributed by atoms with E-state index in [0.717, 1.165) is 40.6 Å². The predicted octanol–water partition coefficient (Wildman–Crippen LogP) is 6.20. The van der Waals surface area contributed by atoms with Crippen molar-refractivity contribution in [3.05, 3.63) is 87.2 Å². The highest BCUT2D eigenvalue weighted by molar-refractivity contribution is 6.35. The number of benzene rings is 2. The molecule has 6 rings (SSSR count). The number of nitrogens with one attached hydrogen (secondary N) is 2. The summed E-state index contributed by atoms with van der Waals surface area (Å²) in [5, 5.41) is 28.6. The molecule has 1 saturated carbocycles. The molecule has 2 N–H and O–H groups in total. The maximum absolute atomic E-state index is 13.0. The Morgan fingerprint density at radius 3 is 2.71 bits per heavy atom. The van der Waals surface area contributed by atoms with E-state index in [0.29, 0.717) is 39.8 Å². The van der Waals surface area contributed by atoms with Gasteiger partial charge < -0.3 is 15.2 Å². The van der Waals surface area contributed by atoms with E-state index in [1.54, 1.807) is 24.0 Å². The van der Waals surface area contributed by atoms with Gasteiger partial charge in [0.05, 0.1) is 40.1 Å². The van der Waals surface area contributed by atoms with Crippen molar-refractivity contribution in [2.45, 2.75) is 45.7 Å². The Hall–Kier alpha value is -4.42. The standard InChI is InChI=1S/C31H31ClN8O/c1-31(2,3)17-35-27-18(14-33)15-34-28-24(27)12-19(13-25(28)32)36-29(26-16-40(38-37-26)20-8-9-20)22-6-5-7-23-21(22)10-11-39(4)30(23)41/h5-7,10-13,15-16,20,29,36H,8-9,17H2,1-4H3,(H,34,35)/t29-/m0/s1. The molecule has 0 bridgehead atoms. The van der Waals surface area contributed by atoms with Gasteiger partial charge in [-0.2, -0.15) is 5.26 Å².